The van der Waals surface area contributed by atoms with Crippen LogP contribution in [0.1, 0.15) is 0 Å². The van der Waals surface area contributed by atoms with E-state index in [-0.39, 0.29) is 0 Å². The van der Waals surface area contributed by atoms with Crippen LogP contribution in [-0.4, -0.2) is 15.0 Å². The van der Waals surface area contributed by atoms with Crippen LogP contribution in [0.25, 0.3) is 119 Å². The van der Waals surface area contributed by atoms with E-state index < -0.39 is 0 Å². The van der Waals surface area contributed by atoms with E-state index in [0.29, 0.717) is 5.82 Å². The smallest absolute Gasteiger partial charge is 0.160 e. The van der Waals surface area contributed by atoms with Gasteiger partial charge in [0, 0.05) is 63.3 Å². The highest BCUT2D eigenvalue weighted by atomic mass is 32.1. The van der Waals surface area contributed by atoms with Gasteiger partial charge in [0.05, 0.1) is 27.3 Å². The molecule has 0 spiro atoms. The van der Waals surface area contributed by atoms with Gasteiger partial charge in [0.25, 0.3) is 0 Å². The van der Waals surface area contributed by atoms with Crippen LogP contribution in [-0.2, 0) is 0 Å². The van der Waals surface area contributed by atoms with E-state index in [9.17, 15) is 0 Å². The topological polar surface area (TPSA) is 38.7 Å². The van der Waals surface area contributed by atoms with Gasteiger partial charge in [-0.05, 0) is 52.6 Å². The minimum Gasteiger partial charge on any atom is -0.246 e. The molecule has 4 aromatic heterocycles. The van der Waals surface area contributed by atoms with Crippen LogP contribution in [0.5, 0.6) is 0 Å². The van der Waals surface area contributed by atoms with Gasteiger partial charge in [-0.2, -0.15) is 0 Å². The molecule has 0 saturated heterocycles. The molecule has 60 heavy (non-hydrogen) atoms. The van der Waals surface area contributed by atoms with Crippen molar-refractivity contribution in [1.82, 2.24) is 15.0 Å². The molecule has 0 unspecified atom stereocenters. The predicted molar refractivity (Wildman–Crippen MR) is 256 cm³/mol. The second-order valence-electron chi connectivity index (χ2n) is 15.1. The first-order valence-electron chi connectivity index (χ1n) is 20.1. The molecular formula is C55H33N3S2. The summed E-state index contributed by atoms with van der Waals surface area (Å²) in [7, 11) is 0. The van der Waals surface area contributed by atoms with Crippen molar-refractivity contribution in [3.63, 3.8) is 0 Å². The van der Waals surface area contributed by atoms with E-state index in [0.717, 1.165) is 44.9 Å². The van der Waals surface area contributed by atoms with E-state index in [1.807, 2.05) is 28.7 Å². The molecule has 0 aliphatic heterocycles. The lowest BCUT2D eigenvalue weighted by molar-refractivity contribution is 1.18. The second kappa shape index (κ2) is 14.2. The summed E-state index contributed by atoms with van der Waals surface area (Å²) < 4.78 is 5.05. The Balaban J connectivity index is 0.985. The van der Waals surface area contributed by atoms with Crippen molar-refractivity contribution in [2.45, 2.75) is 0 Å². The Morgan fingerprint density at radius 2 is 0.883 bits per heavy atom. The fourth-order valence-corrected chi connectivity index (χ4v) is 11.1. The summed E-state index contributed by atoms with van der Waals surface area (Å²) >= 11 is 3.67. The number of benzene rings is 8. The number of aromatic nitrogens is 3. The number of hydrogen-bond acceptors (Lipinski definition) is 5. The highest BCUT2D eigenvalue weighted by Gasteiger charge is 2.20. The average Bonchev–Trinajstić information content (AvgIpc) is 3.91. The molecular weight excluding hydrogens is 767 g/mol. The molecule has 12 rings (SSSR count). The Bertz CT molecular complexity index is 3590. The molecule has 8 aromatic carbocycles. The third kappa shape index (κ3) is 5.82. The van der Waals surface area contributed by atoms with E-state index in [2.05, 4.69) is 194 Å². The molecule has 0 fully saturated rings. The molecule has 0 aliphatic rings. The fourth-order valence-electron chi connectivity index (χ4n) is 8.66. The standard InChI is InChI=1S/C55H33N3S2/c1-3-14-34(15-4-1)40-22-13-25-45-50(40)51-44-21-8-10-27-49(44)60-54(51)52(56-45)36-28-30-37(31-29-36)55-57-46(35-16-5-2-6-17-35)33-47(58-55)39-19-11-18-38(32-39)41-23-12-24-43-42-20-7-9-26-48(42)59-53(41)43/h1-33H. The zero-order chi connectivity index (χ0) is 39.6. The van der Waals surface area contributed by atoms with Crippen molar-refractivity contribution in [1.29, 1.82) is 0 Å². The van der Waals surface area contributed by atoms with Crippen molar-refractivity contribution in [3.8, 4) is 67.4 Å². The molecule has 0 amide bonds. The minimum absolute atomic E-state index is 0.681. The number of hydrogen-bond donors (Lipinski definition) is 0. The van der Waals surface area contributed by atoms with E-state index in [4.69, 9.17) is 15.0 Å². The van der Waals surface area contributed by atoms with Crippen LogP contribution in [0.4, 0.5) is 0 Å². The van der Waals surface area contributed by atoms with Crippen molar-refractivity contribution in [3.05, 3.63) is 200 Å². The van der Waals surface area contributed by atoms with Crippen LogP contribution in [0, 0.1) is 0 Å². The summed E-state index contributed by atoms with van der Waals surface area (Å²) in [6, 6.07) is 71.1. The first kappa shape index (κ1) is 34.7. The Morgan fingerprint density at radius 3 is 1.68 bits per heavy atom. The molecule has 5 heteroatoms. The van der Waals surface area contributed by atoms with Crippen LogP contribution in [0.3, 0.4) is 0 Å². The lowest BCUT2D eigenvalue weighted by Gasteiger charge is -2.13. The number of thiophene rings is 2. The summed E-state index contributed by atoms with van der Waals surface area (Å²) in [4.78, 5) is 15.9. The first-order chi connectivity index (χ1) is 29.7. The lowest BCUT2D eigenvalue weighted by atomic mass is 9.95. The maximum atomic E-state index is 5.41. The number of fused-ring (bicyclic) bond motifs is 8. The van der Waals surface area contributed by atoms with Crippen molar-refractivity contribution in [2.24, 2.45) is 0 Å². The minimum atomic E-state index is 0.681. The van der Waals surface area contributed by atoms with Gasteiger partial charge in [-0.15, -0.1) is 22.7 Å². The van der Waals surface area contributed by atoms with Gasteiger partial charge in [0.1, 0.15) is 0 Å². The quantitative estimate of drug-likeness (QED) is 0.168. The normalized spacial score (nSPS) is 11.7. The second-order valence-corrected chi connectivity index (χ2v) is 17.2. The van der Waals surface area contributed by atoms with E-state index >= 15 is 0 Å². The SMILES string of the molecule is c1ccc(-c2cc(-c3cccc(-c4cccc5c4sc4ccccc45)c3)nc(-c3ccc(-c4nc5cccc(-c6ccccc6)c5c5c4sc4ccccc45)cc3)n2)cc1. The summed E-state index contributed by atoms with van der Waals surface area (Å²) in [6.45, 7) is 0. The molecule has 4 heterocycles. The largest absolute Gasteiger partial charge is 0.246 e. The Kier molecular flexibility index (Phi) is 8.22. The maximum absolute atomic E-state index is 5.41. The monoisotopic (exact) mass is 799 g/mol. The van der Waals surface area contributed by atoms with Gasteiger partial charge in [-0.25, -0.2) is 15.0 Å². The molecule has 0 N–H and O–H groups in total. The average molecular weight is 800 g/mol. The summed E-state index contributed by atoms with van der Waals surface area (Å²) in [5.74, 6) is 0.681. The van der Waals surface area contributed by atoms with E-state index in [1.165, 1.54) is 68.0 Å². The van der Waals surface area contributed by atoms with Crippen molar-refractivity contribution in [2.75, 3.05) is 0 Å². The zero-order valence-corrected chi connectivity index (χ0v) is 33.8. The highest BCUT2D eigenvalue weighted by molar-refractivity contribution is 7.26. The highest BCUT2D eigenvalue weighted by Crippen LogP contribution is 2.46. The van der Waals surface area contributed by atoms with Gasteiger partial charge in [0.2, 0.25) is 0 Å². The Labute approximate surface area is 354 Å². The third-order valence-corrected chi connectivity index (χ3v) is 13.9. The van der Waals surface area contributed by atoms with Gasteiger partial charge >= 0.3 is 0 Å². The van der Waals surface area contributed by atoms with Gasteiger partial charge in [-0.3, -0.25) is 0 Å². The fraction of sp³-hybridized carbons (Fsp3) is 0. The lowest BCUT2D eigenvalue weighted by Crippen LogP contribution is -1.96. The molecule has 0 saturated carbocycles. The van der Waals surface area contributed by atoms with Gasteiger partial charge in [0.15, 0.2) is 5.82 Å². The Morgan fingerprint density at radius 1 is 0.317 bits per heavy atom. The van der Waals surface area contributed by atoms with Crippen molar-refractivity contribution < 1.29 is 0 Å². The number of rotatable bonds is 6. The maximum Gasteiger partial charge on any atom is 0.160 e. The van der Waals surface area contributed by atoms with E-state index in [1.54, 1.807) is 0 Å². The molecule has 3 nitrogen and oxygen atoms in total. The van der Waals surface area contributed by atoms with Crippen LogP contribution in [0.15, 0.2) is 200 Å². The summed E-state index contributed by atoms with van der Waals surface area (Å²) in [5, 5.41) is 6.31. The van der Waals surface area contributed by atoms with Crippen LogP contribution >= 0.6 is 22.7 Å². The molecule has 12 aromatic rings. The van der Waals surface area contributed by atoms with Gasteiger partial charge in [-0.1, -0.05) is 170 Å². The predicted octanol–water partition coefficient (Wildman–Crippen LogP) is 15.8. The van der Waals surface area contributed by atoms with Crippen LogP contribution in [0.2, 0.25) is 0 Å². The molecule has 280 valence electrons. The third-order valence-electron chi connectivity index (χ3n) is 11.5. The zero-order valence-electron chi connectivity index (χ0n) is 32.2. The number of pyridine rings is 1. The number of nitrogens with zero attached hydrogens (tertiary/aromatic N) is 3. The molecule has 0 aliphatic carbocycles. The Hall–Kier alpha value is -7.31. The van der Waals surface area contributed by atoms with Crippen LogP contribution < -0.4 is 0 Å². The first-order valence-corrected chi connectivity index (χ1v) is 21.7. The summed E-state index contributed by atoms with van der Waals surface area (Å²) in [5.41, 5.74) is 12.6. The van der Waals surface area contributed by atoms with Crippen molar-refractivity contribution >= 4 is 73.9 Å². The summed E-state index contributed by atoms with van der Waals surface area (Å²) in [6.07, 6.45) is 0. The van der Waals surface area contributed by atoms with Gasteiger partial charge < -0.3 is 0 Å². The molecule has 0 bridgehead atoms. The molecule has 0 radical (unpaired) electrons. The molecule has 0 atom stereocenters.